The molecule has 1 atom stereocenters. The summed E-state index contributed by atoms with van der Waals surface area (Å²) in [6.07, 6.45) is 0.251. The van der Waals surface area contributed by atoms with Gasteiger partial charge in [0.15, 0.2) is 5.60 Å². The average Bonchev–Trinajstić information content (AvgIpc) is 3.61. The van der Waals surface area contributed by atoms with Gasteiger partial charge in [-0.1, -0.05) is 19.1 Å². The number of halogens is 1. The van der Waals surface area contributed by atoms with Crippen LogP contribution in [0.5, 0.6) is 0 Å². The van der Waals surface area contributed by atoms with E-state index >= 15 is 0 Å². The van der Waals surface area contributed by atoms with Gasteiger partial charge >= 0.3 is 17.9 Å². The van der Waals surface area contributed by atoms with Crippen LogP contribution in [0.1, 0.15) is 44.6 Å². The third kappa shape index (κ3) is 8.76. The van der Waals surface area contributed by atoms with Crippen molar-refractivity contribution in [1.29, 1.82) is 0 Å². The summed E-state index contributed by atoms with van der Waals surface area (Å²) in [5.41, 5.74) is -2.43. The summed E-state index contributed by atoms with van der Waals surface area (Å²) in [5.74, 6) is -5.22. The third-order valence-corrected chi connectivity index (χ3v) is 6.75. The molecule has 2 aliphatic rings. The maximum Gasteiger partial charge on any atom is 0.336 e. The van der Waals surface area contributed by atoms with E-state index in [4.69, 9.17) is 20.4 Å². The minimum absolute atomic E-state index is 0.0640. The molecule has 1 aromatic rings. The largest absolute Gasteiger partial charge is 0.481 e. The number of rotatable bonds is 11. The van der Waals surface area contributed by atoms with Gasteiger partial charge in [-0.15, -0.1) is 0 Å². The number of aliphatic carboxylic acids is 3. The Bertz CT molecular complexity index is 960. The van der Waals surface area contributed by atoms with Gasteiger partial charge < -0.3 is 30.6 Å². The number of carbonyl (C=O) groups is 4. The Hall–Kier alpha value is -3.09. The van der Waals surface area contributed by atoms with Gasteiger partial charge in [0.25, 0.3) is 0 Å². The Labute approximate surface area is 214 Å². The molecule has 1 saturated carbocycles. The molecule has 12 heteroatoms. The van der Waals surface area contributed by atoms with Crippen molar-refractivity contribution in [2.75, 3.05) is 39.8 Å². The second-order valence-corrected chi connectivity index (χ2v) is 9.75. The molecule has 1 aliphatic carbocycles. The molecule has 11 nitrogen and oxygen atoms in total. The van der Waals surface area contributed by atoms with Crippen molar-refractivity contribution < 1.29 is 44.0 Å². The normalized spacial score (nSPS) is 18.2. The molecule has 2 fully saturated rings. The van der Waals surface area contributed by atoms with Crippen LogP contribution in [0, 0.1) is 5.82 Å². The van der Waals surface area contributed by atoms with Crippen LogP contribution in [0.25, 0.3) is 0 Å². The lowest BCUT2D eigenvalue weighted by atomic mass is 9.94. The van der Waals surface area contributed by atoms with Gasteiger partial charge in [0.1, 0.15) is 5.82 Å². The van der Waals surface area contributed by atoms with Crippen molar-refractivity contribution in [3.05, 3.63) is 35.6 Å². The van der Waals surface area contributed by atoms with Crippen LogP contribution in [0.15, 0.2) is 24.3 Å². The quantitative estimate of drug-likeness (QED) is 0.278. The van der Waals surface area contributed by atoms with Crippen LogP contribution in [-0.2, 0) is 24.6 Å². The Morgan fingerprint density at radius 3 is 2.05 bits per heavy atom. The molecule has 0 radical (unpaired) electrons. The van der Waals surface area contributed by atoms with E-state index in [0.717, 1.165) is 57.5 Å². The molecule has 0 spiro atoms. The smallest absolute Gasteiger partial charge is 0.336 e. The van der Waals surface area contributed by atoms with E-state index in [0.29, 0.717) is 0 Å². The van der Waals surface area contributed by atoms with E-state index in [-0.39, 0.29) is 17.8 Å². The van der Waals surface area contributed by atoms with E-state index in [2.05, 4.69) is 29.1 Å². The van der Waals surface area contributed by atoms with Gasteiger partial charge in [-0.25, -0.2) is 9.18 Å². The van der Waals surface area contributed by atoms with E-state index in [9.17, 15) is 23.6 Å². The van der Waals surface area contributed by atoms with Crippen molar-refractivity contribution in [1.82, 2.24) is 15.1 Å². The summed E-state index contributed by atoms with van der Waals surface area (Å²) in [4.78, 5) is 48.1. The van der Waals surface area contributed by atoms with Crippen LogP contribution in [0.4, 0.5) is 4.39 Å². The number of amides is 1. The summed E-state index contributed by atoms with van der Waals surface area (Å²) in [6, 6.07) is 6.66. The van der Waals surface area contributed by atoms with Crippen LogP contribution >= 0.6 is 0 Å². The predicted molar refractivity (Wildman–Crippen MR) is 131 cm³/mol. The van der Waals surface area contributed by atoms with E-state index in [1.807, 2.05) is 6.07 Å². The number of carbonyl (C=O) groups excluding carboxylic acids is 1. The molecular formula is C25H36FN3O8. The Balaban J connectivity index is 0.000000317. The van der Waals surface area contributed by atoms with Gasteiger partial charge in [0, 0.05) is 38.8 Å². The zero-order valence-electron chi connectivity index (χ0n) is 21.2. The van der Waals surface area contributed by atoms with Crippen molar-refractivity contribution in [3.63, 3.8) is 0 Å². The summed E-state index contributed by atoms with van der Waals surface area (Å²) >= 11 is 0. The maximum atomic E-state index is 13.5. The molecule has 1 saturated heterocycles. The lowest BCUT2D eigenvalue weighted by Gasteiger charge is -2.35. The fourth-order valence-corrected chi connectivity index (χ4v) is 4.21. The number of aliphatic hydroxyl groups is 1. The minimum atomic E-state index is -2.74. The first-order valence-corrected chi connectivity index (χ1v) is 12.2. The number of carboxylic acid groups (broad SMARTS) is 3. The number of nitrogens with zero attached hydrogens (tertiary/aromatic N) is 2. The lowest BCUT2D eigenvalue weighted by molar-refractivity contribution is -0.170. The van der Waals surface area contributed by atoms with Gasteiger partial charge in [0.2, 0.25) is 5.91 Å². The van der Waals surface area contributed by atoms with E-state index < -0.39 is 41.8 Å². The highest BCUT2D eigenvalue weighted by Crippen LogP contribution is 2.48. The van der Waals surface area contributed by atoms with Crippen LogP contribution in [0.3, 0.4) is 0 Å². The number of hydrogen-bond donors (Lipinski definition) is 5. The van der Waals surface area contributed by atoms with Gasteiger partial charge in [0.05, 0.1) is 18.3 Å². The Morgan fingerprint density at radius 1 is 1.05 bits per heavy atom. The number of benzene rings is 1. The fourth-order valence-electron chi connectivity index (χ4n) is 4.21. The highest BCUT2D eigenvalue weighted by Gasteiger charge is 2.51. The maximum absolute atomic E-state index is 13.5. The van der Waals surface area contributed by atoms with Crippen molar-refractivity contribution in [2.45, 2.75) is 56.1 Å². The minimum Gasteiger partial charge on any atom is -0.481 e. The zero-order valence-corrected chi connectivity index (χ0v) is 21.2. The van der Waals surface area contributed by atoms with E-state index in [1.165, 1.54) is 12.1 Å². The number of hydrogen-bond acceptors (Lipinski definition) is 7. The standard InChI is InChI=1S/C19H28FN3O.C6H8O7/c1-3-17(14-23-11-9-22(2)10-12-23)21-18(24)19(7-8-19)15-5-4-6-16(20)13-15;7-3(8)1-6(13,5(11)12)2-4(9)10/h4-6,13,17H,3,7-12,14H2,1-2H3,(H,21,24);13H,1-2H2,(H,7,8)(H,9,10)(H,11,12). The molecule has 1 amide bonds. The molecule has 3 rings (SSSR count). The predicted octanol–water partition coefficient (Wildman–Crippen LogP) is 0.751. The number of likely N-dealkylation sites (N-methyl/N-ethyl adjacent to an activating group) is 1. The number of nitrogens with one attached hydrogen (secondary N) is 1. The van der Waals surface area contributed by atoms with Gasteiger partial charge in [-0.3, -0.25) is 19.3 Å². The first kappa shape index (κ1) is 30.1. The topological polar surface area (TPSA) is 168 Å². The SMILES string of the molecule is CCC(CN1CCN(C)CC1)NC(=O)C1(c2cccc(F)c2)CC1.O=C(O)CC(O)(CC(=O)O)C(=O)O. The van der Waals surface area contributed by atoms with Crippen LogP contribution in [-0.4, -0.2) is 105 Å². The Kier molecular flexibility index (Phi) is 10.5. The molecule has 0 bridgehead atoms. The van der Waals surface area contributed by atoms with Crippen LogP contribution < -0.4 is 5.32 Å². The van der Waals surface area contributed by atoms with Gasteiger partial charge in [-0.2, -0.15) is 0 Å². The third-order valence-electron chi connectivity index (χ3n) is 6.75. The molecule has 37 heavy (non-hydrogen) atoms. The number of carboxylic acids is 3. The molecule has 206 valence electrons. The molecule has 1 aromatic carbocycles. The lowest BCUT2D eigenvalue weighted by Crippen LogP contribution is -2.51. The monoisotopic (exact) mass is 525 g/mol. The summed E-state index contributed by atoms with van der Waals surface area (Å²) in [7, 11) is 2.15. The molecule has 1 unspecified atom stereocenters. The van der Waals surface area contributed by atoms with Crippen molar-refractivity contribution in [2.24, 2.45) is 0 Å². The summed E-state index contributed by atoms with van der Waals surface area (Å²) in [6.45, 7) is 7.28. The number of piperazine rings is 1. The molecular weight excluding hydrogens is 489 g/mol. The first-order chi connectivity index (χ1) is 17.3. The molecule has 0 aromatic heterocycles. The zero-order chi connectivity index (χ0) is 27.8. The summed E-state index contributed by atoms with van der Waals surface area (Å²) in [5, 5.41) is 37.0. The van der Waals surface area contributed by atoms with E-state index in [1.54, 1.807) is 6.07 Å². The second-order valence-electron chi connectivity index (χ2n) is 9.75. The van der Waals surface area contributed by atoms with Crippen LogP contribution in [0.2, 0.25) is 0 Å². The Morgan fingerprint density at radius 2 is 1.62 bits per heavy atom. The highest BCUT2D eigenvalue weighted by atomic mass is 19.1. The average molecular weight is 526 g/mol. The van der Waals surface area contributed by atoms with Gasteiger partial charge in [-0.05, 0) is 44.0 Å². The first-order valence-electron chi connectivity index (χ1n) is 12.2. The summed E-state index contributed by atoms with van der Waals surface area (Å²) < 4.78 is 13.5. The fraction of sp³-hybridized carbons (Fsp3) is 0.600. The van der Waals surface area contributed by atoms with Crippen molar-refractivity contribution in [3.8, 4) is 0 Å². The van der Waals surface area contributed by atoms with Crippen molar-refractivity contribution >= 4 is 23.8 Å². The second kappa shape index (κ2) is 12.9. The molecule has 1 heterocycles. The molecule has 1 aliphatic heterocycles. The highest BCUT2D eigenvalue weighted by molar-refractivity contribution is 5.91. The molecule has 5 N–H and O–H groups in total.